The van der Waals surface area contributed by atoms with E-state index in [2.05, 4.69) is 47.0 Å². The molecule has 0 amide bonds. The minimum Gasteiger partial charge on any atom is -0.370 e. The van der Waals surface area contributed by atoms with Crippen LogP contribution in [0, 0.1) is 0 Å². The Morgan fingerprint density at radius 1 is 1.42 bits per heavy atom. The fraction of sp³-hybridized carbons (Fsp3) is 0.714. The van der Waals surface area contributed by atoms with Gasteiger partial charge >= 0.3 is 0 Å². The molecule has 5 heteroatoms. The van der Waals surface area contributed by atoms with Gasteiger partial charge in [-0.1, -0.05) is 20.8 Å². The Balaban J connectivity index is 2.17. The van der Waals surface area contributed by atoms with E-state index in [1.807, 2.05) is 11.8 Å². The summed E-state index contributed by atoms with van der Waals surface area (Å²) in [4.78, 5) is 11.6. The lowest BCUT2D eigenvalue weighted by Crippen LogP contribution is -2.37. The van der Waals surface area contributed by atoms with E-state index in [9.17, 15) is 0 Å². The van der Waals surface area contributed by atoms with Crippen molar-refractivity contribution in [2.24, 2.45) is 0 Å². The summed E-state index contributed by atoms with van der Waals surface area (Å²) < 4.78 is 0. The molecule has 0 spiro atoms. The van der Waals surface area contributed by atoms with Crippen LogP contribution in [0.15, 0.2) is 6.07 Å². The van der Waals surface area contributed by atoms with Gasteiger partial charge in [0.15, 0.2) is 0 Å². The first-order valence-corrected chi connectivity index (χ1v) is 8.26. The van der Waals surface area contributed by atoms with Gasteiger partial charge in [-0.25, -0.2) is 9.97 Å². The van der Waals surface area contributed by atoms with E-state index in [0.717, 1.165) is 49.9 Å². The summed E-state index contributed by atoms with van der Waals surface area (Å²) in [5.41, 5.74) is 0. The van der Waals surface area contributed by atoms with Gasteiger partial charge in [-0.15, -0.1) is 0 Å². The predicted octanol–water partition coefficient (Wildman–Crippen LogP) is 2.80. The molecule has 2 heterocycles. The largest absolute Gasteiger partial charge is 0.370 e. The monoisotopic (exact) mass is 280 g/mol. The van der Waals surface area contributed by atoms with Crippen molar-refractivity contribution in [2.75, 3.05) is 35.6 Å². The molecule has 1 unspecified atom stereocenters. The van der Waals surface area contributed by atoms with Crippen LogP contribution >= 0.6 is 11.8 Å². The van der Waals surface area contributed by atoms with Gasteiger partial charge in [0, 0.05) is 43.1 Å². The maximum atomic E-state index is 4.68. The highest BCUT2D eigenvalue weighted by molar-refractivity contribution is 8.00. The molecule has 1 N–H and O–H groups in total. The van der Waals surface area contributed by atoms with Gasteiger partial charge in [-0.2, -0.15) is 11.8 Å². The summed E-state index contributed by atoms with van der Waals surface area (Å²) >= 11 is 2.04. The molecule has 106 valence electrons. The molecular weight excluding hydrogens is 256 g/mol. The van der Waals surface area contributed by atoms with Gasteiger partial charge < -0.3 is 10.2 Å². The number of aryl methyl sites for hydroxylation is 1. The van der Waals surface area contributed by atoms with Crippen LogP contribution < -0.4 is 10.2 Å². The average Bonchev–Trinajstić information content (AvgIpc) is 2.44. The first-order valence-electron chi connectivity index (χ1n) is 7.21. The van der Waals surface area contributed by atoms with Gasteiger partial charge in [0.1, 0.15) is 17.5 Å². The number of hydrogen-bond acceptors (Lipinski definition) is 5. The molecule has 19 heavy (non-hydrogen) atoms. The lowest BCUT2D eigenvalue weighted by Gasteiger charge is -2.31. The zero-order valence-corrected chi connectivity index (χ0v) is 13.0. The van der Waals surface area contributed by atoms with Crippen molar-refractivity contribution in [3.8, 4) is 0 Å². The van der Waals surface area contributed by atoms with Crippen LogP contribution in [0.3, 0.4) is 0 Å². The second-order valence-electron chi connectivity index (χ2n) is 4.94. The second-order valence-corrected chi connectivity index (χ2v) is 6.48. The van der Waals surface area contributed by atoms with Gasteiger partial charge in [0.2, 0.25) is 0 Å². The molecule has 2 rings (SSSR count). The minimum atomic E-state index is 0.681. The van der Waals surface area contributed by atoms with Crippen LogP contribution in [-0.4, -0.2) is 40.6 Å². The highest BCUT2D eigenvalue weighted by Gasteiger charge is 2.19. The Labute approximate surface area is 120 Å². The van der Waals surface area contributed by atoms with E-state index < -0.39 is 0 Å². The molecule has 1 aromatic heterocycles. The van der Waals surface area contributed by atoms with E-state index in [4.69, 9.17) is 0 Å². The average molecular weight is 280 g/mol. The molecule has 1 atom stereocenters. The molecule has 1 aromatic rings. The molecule has 1 saturated heterocycles. The SMILES string of the molecule is CCCNc1cc(N2CCSC(C)C2)nc(CC)n1. The lowest BCUT2D eigenvalue weighted by molar-refractivity contribution is 0.760. The standard InChI is InChI=1S/C14H24N4S/c1-4-6-15-13-9-14(17-12(5-2)16-13)18-7-8-19-11(3)10-18/h9,11H,4-8,10H2,1-3H3,(H,15,16,17). The predicted molar refractivity (Wildman–Crippen MR) is 84.3 cm³/mol. The summed E-state index contributed by atoms with van der Waals surface area (Å²) in [7, 11) is 0. The normalized spacial score (nSPS) is 19.5. The molecule has 0 saturated carbocycles. The Hall–Kier alpha value is -0.970. The molecule has 0 radical (unpaired) electrons. The maximum Gasteiger partial charge on any atom is 0.134 e. The number of hydrogen-bond donors (Lipinski definition) is 1. The smallest absolute Gasteiger partial charge is 0.134 e. The molecule has 1 aliphatic rings. The molecule has 1 fully saturated rings. The topological polar surface area (TPSA) is 41.0 Å². The Kier molecular flexibility index (Phi) is 5.31. The summed E-state index contributed by atoms with van der Waals surface area (Å²) in [5.74, 6) is 4.17. The molecule has 0 aromatic carbocycles. The van der Waals surface area contributed by atoms with Crippen LogP contribution in [0.5, 0.6) is 0 Å². The molecular formula is C14H24N4S. The van der Waals surface area contributed by atoms with Crippen molar-refractivity contribution in [1.29, 1.82) is 0 Å². The van der Waals surface area contributed by atoms with Crippen LogP contribution in [0.1, 0.15) is 33.0 Å². The summed E-state index contributed by atoms with van der Waals surface area (Å²) in [6.07, 6.45) is 1.99. The van der Waals surface area contributed by atoms with Crippen molar-refractivity contribution in [2.45, 2.75) is 38.9 Å². The Bertz CT molecular complexity index is 410. The molecule has 4 nitrogen and oxygen atoms in total. The fourth-order valence-electron chi connectivity index (χ4n) is 2.17. The molecule has 1 aliphatic heterocycles. The molecule has 0 aliphatic carbocycles. The highest BCUT2D eigenvalue weighted by atomic mass is 32.2. The Morgan fingerprint density at radius 3 is 2.95 bits per heavy atom. The van der Waals surface area contributed by atoms with Crippen molar-refractivity contribution < 1.29 is 0 Å². The third kappa shape index (κ3) is 4.00. The van der Waals surface area contributed by atoms with Crippen molar-refractivity contribution >= 4 is 23.4 Å². The lowest BCUT2D eigenvalue weighted by atomic mass is 10.3. The van der Waals surface area contributed by atoms with Crippen LogP contribution in [0.2, 0.25) is 0 Å². The Morgan fingerprint density at radius 2 is 2.26 bits per heavy atom. The van der Waals surface area contributed by atoms with Crippen molar-refractivity contribution in [3.05, 3.63) is 11.9 Å². The van der Waals surface area contributed by atoms with E-state index in [0.29, 0.717) is 5.25 Å². The van der Waals surface area contributed by atoms with Gasteiger partial charge in [-0.3, -0.25) is 0 Å². The third-order valence-corrected chi connectivity index (χ3v) is 4.33. The van der Waals surface area contributed by atoms with Gasteiger partial charge in [0.05, 0.1) is 0 Å². The zero-order valence-electron chi connectivity index (χ0n) is 12.1. The first-order chi connectivity index (χ1) is 9.22. The van der Waals surface area contributed by atoms with Gasteiger partial charge in [0.25, 0.3) is 0 Å². The number of rotatable bonds is 5. The van der Waals surface area contributed by atoms with Crippen LogP contribution in [-0.2, 0) is 6.42 Å². The van der Waals surface area contributed by atoms with E-state index >= 15 is 0 Å². The third-order valence-electron chi connectivity index (χ3n) is 3.20. The quantitative estimate of drug-likeness (QED) is 0.898. The van der Waals surface area contributed by atoms with E-state index in [1.165, 1.54) is 5.75 Å². The first kappa shape index (κ1) is 14.4. The number of nitrogens with zero attached hydrogens (tertiary/aromatic N) is 3. The second kappa shape index (κ2) is 6.98. The molecule has 0 bridgehead atoms. The summed E-state index contributed by atoms with van der Waals surface area (Å²) in [6.45, 7) is 9.69. The van der Waals surface area contributed by atoms with E-state index in [-0.39, 0.29) is 0 Å². The summed E-state index contributed by atoms with van der Waals surface area (Å²) in [6, 6.07) is 2.09. The minimum absolute atomic E-state index is 0.681. The van der Waals surface area contributed by atoms with E-state index in [1.54, 1.807) is 0 Å². The number of anilines is 2. The van der Waals surface area contributed by atoms with Crippen LogP contribution in [0.25, 0.3) is 0 Å². The number of nitrogens with one attached hydrogen (secondary N) is 1. The number of aromatic nitrogens is 2. The van der Waals surface area contributed by atoms with Crippen LogP contribution in [0.4, 0.5) is 11.6 Å². The maximum absolute atomic E-state index is 4.68. The highest BCUT2D eigenvalue weighted by Crippen LogP contribution is 2.24. The zero-order chi connectivity index (χ0) is 13.7. The fourth-order valence-corrected chi connectivity index (χ4v) is 3.19. The number of thioether (sulfide) groups is 1. The summed E-state index contributed by atoms with van der Waals surface area (Å²) in [5, 5.41) is 4.06. The van der Waals surface area contributed by atoms with Gasteiger partial charge in [-0.05, 0) is 6.42 Å². The van der Waals surface area contributed by atoms with Crippen molar-refractivity contribution in [1.82, 2.24) is 9.97 Å². The van der Waals surface area contributed by atoms with Crippen molar-refractivity contribution in [3.63, 3.8) is 0 Å².